The third-order valence-electron chi connectivity index (χ3n) is 1.81. The molecule has 2 heteroatoms. The molecule has 14 heavy (non-hydrogen) atoms. The first kappa shape index (κ1) is 10.4. The van der Waals surface area contributed by atoms with Crippen LogP contribution in [0.4, 0.5) is 0 Å². The number of hydrogen-bond acceptors (Lipinski definition) is 2. The largest absolute Gasteiger partial charge is 0.295 e. The van der Waals surface area contributed by atoms with Crippen molar-refractivity contribution in [2.75, 3.05) is 0 Å². The summed E-state index contributed by atoms with van der Waals surface area (Å²) in [4.78, 5) is 22.2. The Morgan fingerprint density at radius 3 is 2.07 bits per heavy atom. The predicted molar refractivity (Wildman–Crippen MR) is 55.8 cm³/mol. The summed E-state index contributed by atoms with van der Waals surface area (Å²) in [6, 6.07) is 9.18. The first-order valence-electron chi connectivity index (χ1n) is 4.40. The molecule has 0 radical (unpaired) electrons. The van der Waals surface area contributed by atoms with Crippen molar-refractivity contribution < 1.29 is 9.59 Å². The number of benzene rings is 1. The molecule has 0 amide bonds. The standard InChI is InChI=1S/C12H12O2/c1-9(13)8-12(10(2)14)11-6-4-3-5-7-11/h3-8H,1-2H3. The van der Waals surface area contributed by atoms with Crippen molar-refractivity contribution in [2.45, 2.75) is 13.8 Å². The first-order chi connectivity index (χ1) is 6.61. The van der Waals surface area contributed by atoms with Gasteiger partial charge in [0.1, 0.15) is 0 Å². The maximum atomic E-state index is 11.3. The van der Waals surface area contributed by atoms with E-state index in [0.717, 1.165) is 5.56 Å². The Morgan fingerprint density at radius 1 is 1.07 bits per heavy atom. The van der Waals surface area contributed by atoms with Gasteiger partial charge in [-0.2, -0.15) is 0 Å². The smallest absolute Gasteiger partial charge is 0.160 e. The van der Waals surface area contributed by atoms with Crippen LogP contribution < -0.4 is 0 Å². The lowest BCUT2D eigenvalue weighted by Gasteiger charge is -2.01. The molecule has 0 saturated heterocycles. The monoisotopic (exact) mass is 188 g/mol. The Balaban J connectivity index is 3.14. The zero-order valence-electron chi connectivity index (χ0n) is 8.28. The highest BCUT2D eigenvalue weighted by atomic mass is 16.1. The molecule has 1 aromatic rings. The summed E-state index contributed by atoms with van der Waals surface area (Å²) in [7, 11) is 0. The van der Waals surface area contributed by atoms with E-state index in [9.17, 15) is 9.59 Å². The van der Waals surface area contributed by atoms with Gasteiger partial charge in [-0.15, -0.1) is 0 Å². The summed E-state index contributed by atoms with van der Waals surface area (Å²) in [6.07, 6.45) is 1.37. The minimum atomic E-state index is -0.112. The number of carbonyl (C=O) groups is 2. The second-order valence-electron chi connectivity index (χ2n) is 3.09. The van der Waals surface area contributed by atoms with Crippen molar-refractivity contribution >= 4 is 17.1 Å². The highest BCUT2D eigenvalue weighted by molar-refractivity contribution is 6.23. The fourth-order valence-electron chi connectivity index (χ4n) is 1.21. The average Bonchev–Trinajstić information content (AvgIpc) is 2.15. The number of carbonyl (C=O) groups excluding carboxylic acids is 2. The van der Waals surface area contributed by atoms with E-state index in [1.54, 1.807) is 0 Å². The maximum Gasteiger partial charge on any atom is 0.160 e. The normalized spacial score (nSPS) is 11.1. The van der Waals surface area contributed by atoms with Crippen LogP contribution in [0.1, 0.15) is 19.4 Å². The summed E-state index contributed by atoms with van der Waals surface area (Å²) in [5.74, 6) is -0.203. The molecule has 2 nitrogen and oxygen atoms in total. The molecule has 0 aliphatic rings. The molecule has 0 unspecified atom stereocenters. The van der Waals surface area contributed by atoms with Gasteiger partial charge in [0.2, 0.25) is 0 Å². The number of hydrogen-bond donors (Lipinski definition) is 0. The van der Waals surface area contributed by atoms with Crippen LogP contribution in [0, 0.1) is 0 Å². The molecule has 0 heterocycles. The molecule has 0 atom stereocenters. The molecule has 72 valence electrons. The summed E-state index contributed by atoms with van der Waals surface area (Å²) >= 11 is 0. The molecule has 0 aromatic heterocycles. The maximum absolute atomic E-state index is 11.3. The lowest BCUT2D eigenvalue weighted by Crippen LogP contribution is -1.98. The van der Waals surface area contributed by atoms with Crippen molar-refractivity contribution in [1.29, 1.82) is 0 Å². The van der Waals surface area contributed by atoms with Gasteiger partial charge in [0, 0.05) is 5.57 Å². The Bertz CT molecular complexity index is 375. The van der Waals surface area contributed by atoms with Crippen molar-refractivity contribution in [3.63, 3.8) is 0 Å². The van der Waals surface area contributed by atoms with E-state index in [1.807, 2.05) is 30.3 Å². The Kier molecular flexibility index (Phi) is 3.35. The SMILES string of the molecule is CC(=O)C=C(C(C)=O)c1ccccc1. The van der Waals surface area contributed by atoms with Crippen molar-refractivity contribution in [3.05, 3.63) is 42.0 Å². The zero-order chi connectivity index (χ0) is 10.6. The Hall–Kier alpha value is -1.70. The fourth-order valence-corrected chi connectivity index (χ4v) is 1.21. The third kappa shape index (κ3) is 2.66. The van der Waals surface area contributed by atoms with Crippen LogP contribution >= 0.6 is 0 Å². The number of Topliss-reactive ketones (excluding diaryl/α,β-unsaturated/α-hetero) is 1. The molecule has 0 saturated carbocycles. The second kappa shape index (κ2) is 4.51. The molecular weight excluding hydrogens is 176 g/mol. The van der Waals surface area contributed by atoms with Gasteiger partial charge in [0.25, 0.3) is 0 Å². The molecule has 0 spiro atoms. The van der Waals surface area contributed by atoms with E-state index >= 15 is 0 Å². The topological polar surface area (TPSA) is 34.1 Å². The number of rotatable bonds is 3. The lowest BCUT2D eigenvalue weighted by molar-refractivity contribution is -0.114. The lowest BCUT2D eigenvalue weighted by atomic mass is 10.0. The van der Waals surface area contributed by atoms with Gasteiger partial charge >= 0.3 is 0 Å². The van der Waals surface area contributed by atoms with Crippen LogP contribution in [0.2, 0.25) is 0 Å². The van der Waals surface area contributed by atoms with Gasteiger partial charge < -0.3 is 0 Å². The van der Waals surface area contributed by atoms with E-state index in [2.05, 4.69) is 0 Å². The van der Waals surface area contributed by atoms with Gasteiger partial charge in [-0.1, -0.05) is 30.3 Å². The third-order valence-corrected chi connectivity index (χ3v) is 1.81. The van der Waals surface area contributed by atoms with Crippen LogP contribution in [-0.2, 0) is 9.59 Å². The van der Waals surface area contributed by atoms with Crippen LogP contribution in [-0.4, -0.2) is 11.6 Å². The fraction of sp³-hybridized carbons (Fsp3) is 0.167. The van der Waals surface area contributed by atoms with Crippen molar-refractivity contribution in [2.24, 2.45) is 0 Å². The van der Waals surface area contributed by atoms with Crippen LogP contribution in [0.5, 0.6) is 0 Å². The van der Waals surface area contributed by atoms with Gasteiger partial charge in [-0.05, 0) is 25.5 Å². The highest BCUT2D eigenvalue weighted by Gasteiger charge is 2.06. The zero-order valence-corrected chi connectivity index (χ0v) is 8.28. The van der Waals surface area contributed by atoms with E-state index < -0.39 is 0 Å². The van der Waals surface area contributed by atoms with E-state index in [1.165, 1.54) is 19.9 Å². The number of allylic oxidation sites excluding steroid dienone is 2. The van der Waals surface area contributed by atoms with Crippen molar-refractivity contribution in [3.8, 4) is 0 Å². The van der Waals surface area contributed by atoms with Crippen LogP contribution in [0.3, 0.4) is 0 Å². The average molecular weight is 188 g/mol. The van der Waals surface area contributed by atoms with Crippen LogP contribution in [0.25, 0.3) is 5.57 Å². The predicted octanol–water partition coefficient (Wildman–Crippen LogP) is 2.25. The molecule has 1 rings (SSSR count). The van der Waals surface area contributed by atoms with Gasteiger partial charge in [-0.25, -0.2) is 0 Å². The minimum Gasteiger partial charge on any atom is -0.295 e. The molecule has 0 bridgehead atoms. The van der Waals surface area contributed by atoms with Gasteiger partial charge in [0.05, 0.1) is 0 Å². The second-order valence-corrected chi connectivity index (χ2v) is 3.09. The first-order valence-corrected chi connectivity index (χ1v) is 4.40. The van der Waals surface area contributed by atoms with Gasteiger partial charge in [0.15, 0.2) is 11.6 Å². The van der Waals surface area contributed by atoms with E-state index in [-0.39, 0.29) is 11.6 Å². The quantitative estimate of drug-likeness (QED) is 0.682. The van der Waals surface area contributed by atoms with E-state index in [0.29, 0.717) is 5.57 Å². The molecule has 0 fully saturated rings. The van der Waals surface area contributed by atoms with E-state index in [4.69, 9.17) is 0 Å². The summed E-state index contributed by atoms with van der Waals surface area (Å²) in [5.41, 5.74) is 1.26. The molecule has 0 aliphatic carbocycles. The Morgan fingerprint density at radius 2 is 1.64 bits per heavy atom. The molecular formula is C12H12O2. The minimum absolute atomic E-state index is 0.0913. The van der Waals surface area contributed by atoms with Crippen LogP contribution in [0.15, 0.2) is 36.4 Å². The highest BCUT2D eigenvalue weighted by Crippen LogP contribution is 2.14. The number of ketones is 2. The summed E-state index contributed by atoms with van der Waals surface area (Å²) in [5, 5.41) is 0. The summed E-state index contributed by atoms with van der Waals surface area (Å²) in [6.45, 7) is 2.90. The van der Waals surface area contributed by atoms with Gasteiger partial charge in [-0.3, -0.25) is 9.59 Å². The van der Waals surface area contributed by atoms with Crippen molar-refractivity contribution in [1.82, 2.24) is 0 Å². The Labute approximate surface area is 83.3 Å². The molecule has 1 aromatic carbocycles. The molecule has 0 N–H and O–H groups in total. The molecule has 0 aliphatic heterocycles. The summed E-state index contributed by atoms with van der Waals surface area (Å²) < 4.78 is 0.